The molecular weight excluding hydrogens is 364 g/mol. The van der Waals surface area contributed by atoms with Gasteiger partial charge in [0.05, 0.1) is 4.88 Å². The molecular formula is C24H29N2OS+. The van der Waals surface area contributed by atoms with Crippen molar-refractivity contribution in [2.24, 2.45) is 0 Å². The van der Waals surface area contributed by atoms with Gasteiger partial charge in [-0.25, -0.2) is 0 Å². The molecule has 0 saturated carbocycles. The van der Waals surface area contributed by atoms with Gasteiger partial charge in [-0.2, -0.15) is 0 Å². The standard InChI is InChI=1S/C24H28N2OS/c1-15-8-10-20(11-9-15)23(21-7-6-12-28-21)25-19(5)24(27)26-22-17(3)13-16(2)14-18(22)4/h6-14,19,23,25H,1-5H3,(H,26,27)/p+1/t19-,23-/m1/s1. The fourth-order valence-corrected chi connectivity index (χ4v) is 4.44. The van der Waals surface area contributed by atoms with Crippen LogP contribution in [-0.4, -0.2) is 11.9 Å². The first-order chi connectivity index (χ1) is 13.3. The Balaban J connectivity index is 1.79. The monoisotopic (exact) mass is 393 g/mol. The Bertz CT molecular complexity index is 922. The summed E-state index contributed by atoms with van der Waals surface area (Å²) in [6, 6.07) is 16.9. The molecule has 0 aliphatic rings. The van der Waals surface area contributed by atoms with Crippen molar-refractivity contribution < 1.29 is 10.1 Å². The van der Waals surface area contributed by atoms with Gasteiger partial charge >= 0.3 is 0 Å². The van der Waals surface area contributed by atoms with Crippen molar-refractivity contribution in [3.05, 3.63) is 86.6 Å². The number of nitrogens with two attached hydrogens (primary N) is 1. The molecule has 1 amide bonds. The number of benzene rings is 2. The van der Waals surface area contributed by atoms with Crippen LogP contribution >= 0.6 is 11.3 Å². The normalized spacial score (nSPS) is 13.2. The van der Waals surface area contributed by atoms with Crippen LogP contribution in [0, 0.1) is 27.7 Å². The van der Waals surface area contributed by atoms with Gasteiger partial charge in [0.2, 0.25) is 0 Å². The third-order valence-electron chi connectivity index (χ3n) is 5.11. The molecule has 0 aliphatic heterocycles. The van der Waals surface area contributed by atoms with Crippen LogP contribution in [0.5, 0.6) is 0 Å². The van der Waals surface area contributed by atoms with Crippen molar-refractivity contribution in [3.8, 4) is 0 Å². The van der Waals surface area contributed by atoms with Crippen LogP contribution in [0.4, 0.5) is 5.69 Å². The van der Waals surface area contributed by atoms with E-state index < -0.39 is 0 Å². The lowest BCUT2D eigenvalue weighted by molar-refractivity contribution is -0.703. The molecule has 0 radical (unpaired) electrons. The molecule has 0 fully saturated rings. The van der Waals surface area contributed by atoms with Gasteiger partial charge in [0.25, 0.3) is 5.91 Å². The Labute approximate surface area is 171 Å². The lowest BCUT2D eigenvalue weighted by atomic mass is 10.0. The summed E-state index contributed by atoms with van der Waals surface area (Å²) in [7, 11) is 0. The van der Waals surface area contributed by atoms with Crippen LogP contribution in [0.3, 0.4) is 0 Å². The van der Waals surface area contributed by atoms with Crippen molar-refractivity contribution >= 4 is 22.9 Å². The van der Waals surface area contributed by atoms with Crippen LogP contribution in [0.2, 0.25) is 0 Å². The highest BCUT2D eigenvalue weighted by Gasteiger charge is 2.26. The van der Waals surface area contributed by atoms with Gasteiger partial charge in [0.15, 0.2) is 6.04 Å². The molecule has 2 aromatic carbocycles. The molecule has 3 aromatic rings. The van der Waals surface area contributed by atoms with Crippen LogP contribution in [0.25, 0.3) is 0 Å². The Morgan fingerprint density at radius 1 is 0.964 bits per heavy atom. The molecule has 4 heteroatoms. The SMILES string of the molecule is Cc1ccc([C@@H]([NH2+][C@H](C)C(=O)Nc2c(C)cc(C)cc2C)c2cccs2)cc1. The molecule has 28 heavy (non-hydrogen) atoms. The number of thiophene rings is 1. The summed E-state index contributed by atoms with van der Waals surface area (Å²) in [5.74, 6) is 0.0312. The van der Waals surface area contributed by atoms with Crippen molar-refractivity contribution in [1.82, 2.24) is 0 Å². The highest BCUT2D eigenvalue weighted by molar-refractivity contribution is 7.10. The van der Waals surface area contributed by atoms with E-state index in [9.17, 15) is 4.79 Å². The first-order valence-electron chi connectivity index (χ1n) is 9.69. The summed E-state index contributed by atoms with van der Waals surface area (Å²) in [4.78, 5) is 14.2. The average Bonchev–Trinajstić information content (AvgIpc) is 3.17. The minimum absolute atomic E-state index is 0.0312. The van der Waals surface area contributed by atoms with Crippen molar-refractivity contribution in [2.45, 2.75) is 46.7 Å². The number of hydrogen-bond acceptors (Lipinski definition) is 2. The predicted molar refractivity (Wildman–Crippen MR) is 118 cm³/mol. The molecule has 146 valence electrons. The van der Waals surface area contributed by atoms with Crippen LogP contribution in [-0.2, 0) is 4.79 Å². The lowest BCUT2D eigenvalue weighted by Gasteiger charge is -2.20. The molecule has 1 aromatic heterocycles. The molecule has 3 nitrogen and oxygen atoms in total. The van der Waals surface area contributed by atoms with Crippen molar-refractivity contribution in [3.63, 3.8) is 0 Å². The highest BCUT2D eigenvalue weighted by atomic mass is 32.1. The number of aryl methyl sites for hydroxylation is 4. The maximum Gasteiger partial charge on any atom is 0.282 e. The van der Waals surface area contributed by atoms with Gasteiger partial charge in [-0.3, -0.25) is 4.79 Å². The van der Waals surface area contributed by atoms with E-state index in [4.69, 9.17) is 0 Å². The molecule has 0 bridgehead atoms. The minimum Gasteiger partial charge on any atom is -0.326 e. The number of quaternary nitrogens is 1. The van der Waals surface area contributed by atoms with Gasteiger partial charge < -0.3 is 10.6 Å². The third kappa shape index (κ3) is 4.70. The maximum absolute atomic E-state index is 13.0. The Morgan fingerprint density at radius 2 is 1.61 bits per heavy atom. The largest absolute Gasteiger partial charge is 0.326 e. The van der Waals surface area contributed by atoms with Crippen molar-refractivity contribution in [1.29, 1.82) is 0 Å². The number of carbonyl (C=O) groups excluding carboxylic acids is 1. The van der Waals surface area contributed by atoms with Gasteiger partial charge in [0, 0.05) is 11.3 Å². The number of hydrogen-bond donors (Lipinski definition) is 2. The summed E-state index contributed by atoms with van der Waals surface area (Å²) < 4.78 is 0. The second-order valence-electron chi connectivity index (χ2n) is 7.65. The fraction of sp³-hybridized carbons (Fsp3) is 0.292. The highest BCUT2D eigenvalue weighted by Crippen LogP contribution is 2.24. The lowest BCUT2D eigenvalue weighted by Crippen LogP contribution is -2.92. The number of rotatable bonds is 6. The van der Waals surface area contributed by atoms with E-state index in [1.54, 1.807) is 11.3 Å². The van der Waals surface area contributed by atoms with E-state index in [2.05, 4.69) is 78.4 Å². The molecule has 0 unspecified atom stereocenters. The summed E-state index contributed by atoms with van der Waals surface area (Å²) in [6.07, 6.45) is 0. The summed E-state index contributed by atoms with van der Waals surface area (Å²) in [5, 5.41) is 7.40. The summed E-state index contributed by atoms with van der Waals surface area (Å²) >= 11 is 1.73. The van der Waals surface area contributed by atoms with Gasteiger partial charge in [-0.15, -0.1) is 11.3 Å². The minimum atomic E-state index is -0.214. The molecule has 0 saturated heterocycles. The zero-order valence-corrected chi connectivity index (χ0v) is 18.1. The molecule has 3 N–H and O–H groups in total. The van der Waals surface area contributed by atoms with E-state index >= 15 is 0 Å². The number of nitrogens with one attached hydrogen (secondary N) is 1. The zero-order valence-electron chi connectivity index (χ0n) is 17.2. The quantitative estimate of drug-likeness (QED) is 0.628. The topological polar surface area (TPSA) is 45.7 Å². The van der Waals surface area contributed by atoms with Crippen LogP contribution < -0.4 is 10.6 Å². The van der Waals surface area contributed by atoms with Gasteiger partial charge in [0.1, 0.15) is 6.04 Å². The fourth-order valence-electron chi connectivity index (χ4n) is 3.60. The molecule has 3 rings (SSSR count). The molecule has 1 heterocycles. The van der Waals surface area contributed by atoms with E-state index in [1.807, 2.05) is 20.8 Å². The summed E-state index contributed by atoms with van der Waals surface area (Å²) in [5.41, 5.74) is 6.81. The van der Waals surface area contributed by atoms with Gasteiger partial charge in [-0.05, 0) is 57.2 Å². The third-order valence-corrected chi connectivity index (χ3v) is 6.06. The van der Waals surface area contributed by atoms with Crippen LogP contribution in [0.15, 0.2) is 53.9 Å². The van der Waals surface area contributed by atoms with E-state index in [0.29, 0.717) is 0 Å². The first-order valence-corrected chi connectivity index (χ1v) is 10.6. The average molecular weight is 394 g/mol. The first kappa shape index (κ1) is 20.3. The summed E-state index contributed by atoms with van der Waals surface area (Å²) in [6.45, 7) is 10.2. The number of anilines is 1. The zero-order chi connectivity index (χ0) is 20.3. The van der Waals surface area contributed by atoms with E-state index in [0.717, 1.165) is 16.8 Å². The predicted octanol–water partition coefficient (Wildman–Crippen LogP) is 4.66. The van der Waals surface area contributed by atoms with Crippen LogP contribution in [0.1, 0.15) is 45.7 Å². The molecule has 0 spiro atoms. The van der Waals surface area contributed by atoms with Crippen molar-refractivity contribution in [2.75, 3.05) is 5.32 Å². The smallest absolute Gasteiger partial charge is 0.282 e. The molecule has 2 atom stereocenters. The Kier molecular flexibility index (Phi) is 6.32. The van der Waals surface area contributed by atoms with E-state index in [-0.39, 0.29) is 18.0 Å². The maximum atomic E-state index is 13.0. The Hall–Kier alpha value is -2.43. The number of carbonyl (C=O) groups is 1. The second kappa shape index (κ2) is 8.72. The molecule has 0 aliphatic carbocycles. The second-order valence-corrected chi connectivity index (χ2v) is 8.63. The van der Waals surface area contributed by atoms with E-state index in [1.165, 1.54) is 21.6 Å². The van der Waals surface area contributed by atoms with Gasteiger partial charge in [-0.1, -0.05) is 53.6 Å². The Morgan fingerprint density at radius 3 is 2.18 bits per heavy atom. The number of amides is 1.